The lowest BCUT2D eigenvalue weighted by Gasteiger charge is -2.30. The van der Waals surface area contributed by atoms with E-state index in [-0.39, 0.29) is 17.9 Å². The monoisotopic (exact) mass is 408 g/mol. The van der Waals surface area contributed by atoms with E-state index in [4.69, 9.17) is 15.2 Å². The summed E-state index contributed by atoms with van der Waals surface area (Å²) in [5, 5.41) is 3.30. The van der Waals surface area contributed by atoms with Crippen LogP contribution in [0.25, 0.3) is 0 Å². The minimum atomic E-state index is -0.369. The molecule has 0 bridgehead atoms. The summed E-state index contributed by atoms with van der Waals surface area (Å²) in [5.74, 6) is 0.912. The van der Waals surface area contributed by atoms with Crippen LogP contribution in [0.1, 0.15) is 29.5 Å². The average molecular weight is 409 g/mol. The standard InChI is InChI=1S/C23H28N4O3/c24-23(26-20-10-13-30-21-9-5-4-8-18(20)21)25-16-19(17-6-2-1-3-7-17)22(28)27-11-14-29-15-12-27/h1-9,19-20H,10-16H2,(H3,24,25,26). The van der Waals surface area contributed by atoms with E-state index in [1.807, 2.05) is 59.5 Å². The number of carbonyl (C=O) groups is 1. The van der Waals surface area contributed by atoms with E-state index < -0.39 is 0 Å². The van der Waals surface area contributed by atoms with E-state index in [0.29, 0.717) is 45.4 Å². The number of benzene rings is 2. The molecule has 0 radical (unpaired) electrons. The molecular weight excluding hydrogens is 380 g/mol. The number of para-hydroxylation sites is 1. The highest BCUT2D eigenvalue weighted by atomic mass is 16.5. The van der Waals surface area contributed by atoms with Gasteiger partial charge in [0, 0.05) is 25.1 Å². The van der Waals surface area contributed by atoms with Crippen LogP contribution in [0.2, 0.25) is 0 Å². The minimum Gasteiger partial charge on any atom is -0.493 e. The number of guanidine groups is 1. The van der Waals surface area contributed by atoms with E-state index in [1.165, 1.54) is 0 Å². The van der Waals surface area contributed by atoms with Gasteiger partial charge in [-0.2, -0.15) is 0 Å². The Balaban J connectivity index is 1.47. The van der Waals surface area contributed by atoms with Crippen molar-refractivity contribution in [2.24, 2.45) is 10.7 Å². The van der Waals surface area contributed by atoms with Gasteiger partial charge in [-0.05, 0) is 11.6 Å². The van der Waals surface area contributed by atoms with Gasteiger partial charge in [-0.15, -0.1) is 0 Å². The highest BCUT2D eigenvalue weighted by Crippen LogP contribution is 2.31. The zero-order valence-electron chi connectivity index (χ0n) is 17.0. The zero-order valence-corrected chi connectivity index (χ0v) is 17.0. The van der Waals surface area contributed by atoms with E-state index in [9.17, 15) is 4.79 Å². The number of morpholine rings is 1. The largest absolute Gasteiger partial charge is 0.493 e. The van der Waals surface area contributed by atoms with Crippen molar-refractivity contribution >= 4 is 11.9 Å². The highest BCUT2D eigenvalue weighted by molar-refractivity contribution is 5.85. The Hall–Kier alpha value is -3.06. The molecule has 0 aromatic heterocycles. The van der Waals surface area contributed by atoms with Crippen LogP contribution in [0.5, 0.6) is 5.75 Å². The van der Waals surface area contributed by atoms with Gasteiger partial charge < -0.3 is 25.4 Å². The maximum atomic E-state index is 13.2. The van der Waals surface area contributed by atoms with E-state index in [2.05, 4.69) is 10.3 Å². The van der Waals surface area contributed by atoms with Gasteiger partial charge in [0.1, 0.15) is 5.75 Å². The third-order valence-corrected chi connectivity index (χ3v) is 5.55. The highest BCUT2D eigenvalue weighted by Gasteiger charge is 2.27. The number of amides is 1. The fraction of sp³-hybridized carbons (Fsp3) is 0.391. The molecule has 2 aromatic rings. The summed E-state index contributed by atoms with van der Waals surface area (Å²) in [6.45, 7) is 3.29. The van der Waals surface area contributed by atoms with Crippen LogP contribution in [-0.2, 0) is 9.53 Å². The van der Waals surface area contributed by atoms with Crippen LogP contribution in [-0.4, -0.2) is 56.2 Å². The lowest BCUT2D eigenvalue weighted by atomic mass is 9.97. The number of carbonyl (C=O) groups excluding carboxylic acids is 1. The van der Waals surface area contributed by atoms with Crippen LogP contribution in [0.15, 0.2) is 59.6 Å². The van der Waals surface area contributed by atoms with Gasteiger partial charge in [0.15, 0.2) is 5.96 Å². The van der Waals surface area contributed by atoms with Crippen molar-refractivity contribution in [3.63, 3.8) is 0 Å². The molecule has 3 N–H and O–H groups in total. The number of nitrogens with one attached hydrogen (secondary N) is 1. The molecule has 30 heavy (non-hydrogen) atoms. The predicted octanol–water partition coefficient (Wildman–Crippen LogP) is 2.06. The molecule has 158 valence electrons. The first kappa shape index (κ1) is 20.2. The maximum absolute atomic E-state index is 13.2. The third kappa shape index (κ3) is 4.74. The molecule has 2 heterocycles. The summed E-state index contributed by atoms with van der Waals surface area (Å²) in [5.41, 5.74) is 8.24. The molecule has 7 nitrogen and oxygen atoms in total. The van der Waals surface area contributed by atoms with Gasteiger partial charge in [0.05, 0.1) is 38.3 Å². The molecule has 1 fully saturated rings. The summed E-state index contributed by atoms with van der Waals surface area (Å²) in [7, 11) is 0. The summed E-state index contributed by atoms with van der Waals surface area (Å²) in [4.78, 5) is 19.6. The van der Waals surface area contributed by atoms with Gasteiger partial charge in [0.25, 0.3) is 0 Å². The van der Waals surface area contributed by atoms with Crippen molar-refractivity contribution in [3.05, 3.63) is 65.7 Å². The van der Waals surface area contributed by atoms with Gasteiger partial charge >= 0.3 is 0 Å². The van der Waals surface area contributed by atoms with E-state index in [0.717, 1.165) is 23.3 Å². The van der Waals surface area contributed by atoms with Gasteiger partial charge in [-0.25, -0.2) is 0 Å². The first-order chi connectivity index (χ1) is 14.7. The predicted molar refractivity (Wildman–Crippen MR) is 116 cm³/mol. The Morgan fingerprint density at radius 3 is 2.63 bits per heavy atom. The fourth-order valence-electron chi connectivity index (χ4n) is 3.92. The topological polar surface area (TPSA) is 89.2 Å². The SMILES string of the molecule is NC(=NCC(C(=O)N1CCOCC1)c1ccccc1)NC1CCOc2ccccc21. The summed E-state index contributed by atoms with van der Waals surface area (Å²) >= 11 is 0. The lowest BCUT2D eigenvalue weighted by Crippen LogP contribution is -2.44. The second-order valence-electron chi connectivity index (χ2n) is 7.50. The van der Waals surface area contributed by atoms with Crippen molar-refractivity contribution in [3.8, 4) is 5.75 Å². The van der Waals surface area contributed by atoms with Crippen LogP contribution < -0.4 is 15.8 Å². The molecule has 4 rings (SSSR count). The molecule has 1 amide bonds. The Morgan fingerprint density at radius 1 is 1.10 bits per heavy atom. The molecule has 2 aliphatic rings. The van der Waals surface area contributed by atoms with Crippen molar-refractivity contribution < 1.29 is 14.3 Å². The Bertz CT molecular complexity index is 881. The number of aliphatic imine (C=N–C) groups is 1. The zero-order chi connectivity index (χ0) is 20.8. The van der Waals surface area contributed by atoms with Crippen molar-refractivity contribution in [1.29, 1.82) is 0 Å². The minimum absolute atomic E-state index is 0.0452. The summed E-state index contributed by atoms with van der Waals surface area (Å²) in [6, 6.07) is 17.8. The van der Waals surface area contributed by atoms with Crippen molar-refractivity contribution in [2.75, 3.05) is 39.5 Å². The molecule has 1 saturated heterocycles. The van der Waals surface area contributed by atoms with Crippen LogP contribution in [0, 0.1) is 0 Å². The van der Waals surface area contributed by atoms with Gasteiger partial charge in [0.2, 0.25) is 5.91 Å². The van der Waals surface area contributed by atoms with Crippen LogP contribution >= 0.6 is 0 Å². The van der Waals surface area contributed by atoms with Crippen molar-refractivity contribution in [1.82, 2.24) is 10.2 Å². The molecule has 0 saturated carbocycles. The van der Waals surface area contributed by atoms with Gasteiger partial charge in [-0.3, -0.25) is 9.79 Å². The molecule has 0 spiro atoms. The summed E-state index contributed by atoms with van der Waals surface area (Å²) in [6.07, 6.45) is 0.808. The second-order valence-corrected chi connectivity index (χ2v) is 7.50. The Morgan fingerprint density at radius 2 is 1.83 bits per heavy atom. The first-order valence-corrected chi connectivity index (χ1v) is 10.4. The molecule has 7 heteroatoms. The lowest BCUT2D eigenvalue weighted by molar-refractivity contribution is -0.136. The number of ether oxygens (including phenoxy) is 2. The fourth-order valence-corrected chi connectivity index (χ4v) is 3.92. The van der Waals surface area contributed by atoms with E-state index in [1.54, 1.807) is 0 Å². The second kappa shape index (κ2) is 9.63. The van der Waals surface area contributed by atoms with Crippen LogP contribution in [0.4, 0.5) is 0 Å². The van der Waals surface area contributed by atoms with Crippen molar-refractivity contribution in [2.45, 2.75) is 18.4 Å². The molecule has 0 aliphatic carbocycles. The first-order valence-electron chi connectivity index (χ1n) is 10.4. The Kier molecular flexibility index (Phi) is 6.49. The van der Waals surface area contributed by atoms with E-state index >= 15 is 0 Å². The quantitative estimate of drug-likeness (QED) is 0.584. The molecule has 2 atom stereocenters. The number of fused-ring (bicyclic) bond motifs is 1. The molecule has 2 aromatic carbocycles. The smallest absolute Gasteiger partial charge is 0.232 e. The van der Waals surface area contributed by atoms with Crippen LogP contribution in [0.3, 0.4) is 0 Å². The normalized spacial score (nSPS) is 20.1. The number of hydrogen-bond donors (Lipinski definition) is 2. The number of nitrogens with zero attached hydrogens (tertiary/aromatic N) is 2. The average Bonchev–Trinajstić information content (AvgIpc) is 2.80. The molecule has 2 aliphatic heterocycles. The molecular formula is C23H28N4O3. The maximum Gasteiger partial charge on any atom is 0.232 e. The van der Waals surface area contributed by atoms with Gasteiger partial charge in [-0.1, -0.05) is 48.5 Å². The number of hydrogen-bond acceptors (Lipinski definition) is 4. The molecule has 2 unspecified atom stereocenters. The third-order valence-electron chi connectivity index (χ3n) is 5.55. The Labute approximate surface area is 176 Å². The number of nitrogens with two attached hydrogens (primary N) is 1. The summed E-state index contributed by atoms with van der Waals surface area (Å²) < 4.78 is 11.1. The number of rotatable bonds is 5.